The van der Waals surface area contributed by atoms with E-state index in [2.05, 4.69) is 50.0 Å². The van der Waals surface area contributed by atoms with E-state index in [1.54, 1.807) is 0 Å². The first-order chi connectivity index (χ1) is 10.1. The first-order valence-corrected chi connectivity index (χ1v) is 7.24. The van der Waals surface area contributed by atoms with E-state index in [0.717, 1.165) is 16.5 Å². The third-order valence-corrected chi connectivity index (χ3v) is 4.02. The Morgan fingerprint density at radius 1 is 0.952 bits per heavy atom. The maximum atomic E-state index is 6.52. The Hall–Kier alpha value is -2.19. The lowest BCUT2D eigenvalue weighted by Crippen LogP contribution is -2.15. The predicted molar refractivity (Wildman–Crippen MR) is 88.4 cm³/mol. The van der Waals surface area contributed by atoms with Gasteiger partial charge in [-0.2, -0.15) is 0 Å². The van der Waals surface area contributed by atoms with Crippen molar-refractivity contribution >= 4 is 10.9 Å². The van der Waals surface area contributed by atoms with Crippen molar-refractivity contribution in [2.24, 2.45) is 5.73 Å². The largest absolute Gasteiger partial charge is 0.320 e. The van der Waals surface area contributed by atoms with Crippen LogP contribution in [-0.2, 0) is 0 Å². The molecule has 2 heteroatoms. The van der Waals surface area contributed by atoms with E-state index in [0.29, 0.717) is 0 Å². The van der Waals surface area contributed by atoms with E-state index in [-0.39, 0.29) is 6.04 Å². The maximum absolute atomic E-state index is 6.52. The van der Waals surface area contributed by atoms with Gasteiger partial charge in [0, 0.05) is 11.6 Å². The molecule has 1 atom stereocenters. The molecule has 0 spiro atoms. The number of benzene rings is 2. The lowest BCUT2D eigenvalue weighted by Gasteiger charge is -2.19. The fourth-order valence-electron chi connectivity index (χ4n) is 3.11. The molecule has 2 aromatic carbocycles. The fraction of sp³-hybridized carbons (Fsp3) is 0.211. The lowest BCUT2D eigenvalue weighted by molar-refractivity contribution is 0.846. The van der Waals surface area contributed by atoms with E-state index in [1.807, 2.05) is 24.4 Å². The van der Waals surface area contributed by atoms with Crippen molar-refractivity contribution in [1.29, 1.82) is 0 Å². The highest BCUT2D eigenvalue weighted by molar-refractivity contribution is 5.79. The molecule has 0 fully saturated rings. The highest BCUT2D eigenvalue weighted by atomic mass is 14.7. The van der Waals surface area contributed by atoms with E-state index in [4.69, 9.17) is 5.73 Å². The summed E-state index contributed by atoms with van der Waals surface area (Å²) in [6.07, 6.45) is 1.89. The summed E-state index contributed by atoms with van der Waals surface area (Å²) in [5, 5.41) is 1.13. The summed E-state index contributed by atoms with van der Waals surface area (Å²) in [5.74, 6) is 0. The zero-order valence-corrected chi connectivity index (χ0v) is 12.7. The van der Waals surface area contributed by atoms with Crippen LogP contribution in [0.25, 0.3) is 10.9 Å². The van der Waals surface area contributed by atoms with Crippen LogP contribution in [0.1, 0.15) is 33.9 Å². The maximum Gasteiger partial charge on any atom is 0.0702 e. The van der Waals surface area contributed by atoms with E-state index < -0.39 is 0 Å². The number of pyridine rings is 1. The first-order valence-electron chi connectivity index (χ1n) is 7.24. The van der Waals surface area contributed by atoms with Crippen molar-refractivity contribution in [3.63, 3.8) is 0 Å². The van der Waals surface area contributed by atoms with Gasteiger partial charge in [-0.1, -0.05) is 35.9 Å². The molecule has 1 aromatic heterocycles. The molecule has 106 valence electrons. The smallest absolute Gasteiger partial charge is 0.0702 e. The van der Waals surface area contributed by atoms with Crippen LogP contribution in [0, 0.1) is 20.8 Å². The Labute approximate surface area is 125 Å². The van der Waals surface area contributed by atoms with Crippen LogP contribution in [-0.4, -0.2) is 4.98 Å². The number of aryl methyl sites for hydroxylation is 3. The topological polar surface area (TPSA) is 38.9 Å². The molecular formula is C19H20N2. The van der Waals surface area contributed by atoms with Gasteiger partial charge >= 0.3 is 0 Å². The number of hydrogen-bond donors (Lipinski definition) is 1. The normalized spacial score (nSPS) is 12.6. The first kappa shape index (κ1) is 13.8. The van der Waals surface area contributed by atoms with Gasteiger partial charge in [-0.15, -0.1) is 0 Å². The molecule has 0 aliphatic heterocycles. The van der Waals surface area contributed by atoms with Crippen molar-refractivity contribution in [2.75, 3.05) is 0 Å². The Bertz CT molecular complexity index is 783. The van der Waals surface area contributed by atoms with Gasteiger partial charge in [0.15, 0.2) is 0 Å². The van der Waals surface area contributed by atoms with Gasteiger partial charge in [0.25, 0.3) is 0 Å². The summed E-state index contributed by atoms with van der Waals surface area (Å²) in [4.78, 5) is 4.52. The second-order valence-corrected chi connectivity index (χ2v) is 5.75. The minimum Gasteiger partial charge on any atom is -0.320 e. The molecule has 1 heterocycles. The van der Waals surface area contributed by atoms with Gasteiger partial charge in [0.1, 0.15) is 0 Å². The molecule has 0 aliphatic carbocycles. The van der Waals surface area contributed by atoms with Crippen LogP contribution in [0.3, 0.4) is 0 Å². The molecule has 2 N–H and O–H groups in total. The van der Waals surface area contributed by atoms with Crippen LogP contribution in [0.4, 0.5) is 0 Å². The van der Waals surface area contributed by atoms with Crippen molar-refractivity contribution in [1.82, 2.24) is 4.98 Å². The zero-order chi connectivity index (χ0) is 15.0. The summed E-state index contributed by atoms with van der Waals surface area (Å²) < 4.78 is 0. The molecule has 3 aromatic rings. The zero-order valence-electron chi connectivity index (χ0n) is 12.7. The Kier molecular flexibility index (Phi) is 3.48. The van der Waals surface area contributed by atoms with Crippen molar-refractivity contribution in [2.45, 2.75) is 26.8 Å². The number of fused-ring (bicyclic) bond motifs is 1. The molecule has 2 nitrogen and oxygen atoms in total. The van der Waals surface area contributed by atoms with Gasteiger partial charge in [-0.25, -0.2) is 0 Å². The third-order valence-electron chi connectivity index (χ3n) is 4.02. The average molecular weight is 276 g/mol. The highest BCUT2D eigenvalue weighted by Gasteiger charge is 2.15. The molecule has 1 unspecified atom stereocenters. The number of rotatable bonds is 2. The van der Waals surface area contributed by atoms with Crippen LogP contribution in [0.15, 0.2) is 48.7 Å². The molecule has 3 rings (SSSR count). The van der Waals surface area contributed by atoms with Gasteiger partial charge < -0.3 is 5.73 Å². The molecule has 0 saturated heterocycles. The molecule has 0 bridgehead atoms. The summed E-state index contributed by atoms with van der Waals surface area (Å²) in [6.45, 7) is 6.38. The second-order valence-electron chi connectivity index (χ2n) is 5.75. The quantitative estimate of drug-likeness (QED) is 0.761. The SMILES string of the molecule is Cc1cc(C)c(C(N)c2cnc3ccccc3c2)c(C)c1. The van der Waals surface area contributed by atoms with Crippen molar-refractivity contribution in [3.8, 4) is 0 Å². The van der Waals surface area contributed by atoms with E-state index in [9.17, 15) is 0 Å². The van der Waals surface area contributed by atoms with Crippen molar-refractivity contribution in [3.05, 3.63) is 76.5 Å². The van der Waals surface area contributed by atoms with Crippen LogP contribution in [0.5, 0.6) is 0 Å². The molecule has 0 aliphatic rings. The number of aromatic nitrogens is 1. The summed E-state index contributed by atoms with van der Waals surface area (Å²) >= 11 is 0. The monoisotopic (exact) mass is 276 g/mol. The van der Waals surface area contributed by atoms with Crippen LogP contribution in [0.2, 0.25) is 0 Å². The highest BCUT2D eigenvalue weighted by Crippen LogP contribution is 2.28. The van der Waals surface area contributed by atoms with Crippen LogP contribution >= 0.6 is 0 Å². The van der Waals surface area contributed by atoms with E-state index >= 15 is 0 Å². The summed E-state index contributed by atoms with van der Waals surface area (Å²) in [6, 6.07) is 14.5. The fourth-order valence-corrected chi connectivity index (χ4v) is 3.11. The number of para-hydroxylation sites is 1. The Morgan fingerprint density at radius 2 is 1.62 bits per heavy atom. The minimum atomic E-state index is -0.136. The minimum absolute atomic E-state index is 0.136. The van der Waals surface area contributed by atoms with Gasteiger partial charge in [0.05, 0.1) is 11.6 Å². The van der Waals surface area contributed by atoms with Crippen molar-refractivity contribution < 1.29 is 0 Å². The Morgan fingerprint density at radius 3 is 2.33 bits per heavy atom. The molecule has 0 saturated carbocycles. The third kappa shape index (κ3) is 2.55. The number of nitrogens with zero attached hydrogens (tertiary/aromatic N) is 1. The second kappa shape index (κ2) is 5.30. The lowest BCUT2D eigenvalue weighted by atomic mass is 9.91. The van der Waals surface area contributed by atoms with Gasteiger partial charge in [0.2, 0.25) is 0 Å². The molecule has 0 amide bonds. The van der Waals surface area contributed by atoms with Crippen LogP contribution < -0.4 is 5.73 Å². The van der Waals surface area contributed by atoms with Gasteiger partial charge in [-0.3, -0.25) is 4.98 Å². The molecular weight excluding hydrogens is 256 g/mol. The molecule has 0 radical (unpaired) electrons. The average Bonchev–Trinajstić information content (AvgIpc) is 2.45. The summed E-state index contributed by atoms with van der Waals surface area (Å²) in [7, 11) is 0. The standard InChI is InChI=1S/C19H20N2/c1-12-8-13(2)18(14(3)9-12)19(20)16-10-15-6-4-5-7-17(15)21-11-16/h4-11,19H,20H2,1-3H3. The summed E-state index contributed by atoms with van der Waals surface area (Å²) in [5.41, 5.74) is 13.6. The number of hydrogen-bond acceptors (Lipinski definition) is 2. The number of nitrogens with two attached hydrogens (primary N) is 1. The van der Waals surface area contributed by atoms with Gasteiger partial charge in [-0.05, 0) is 55.2 Å². The van der Waals surface area contributed by atoms with E-state index in [1.165, 1.54) is 22.3 Å². The Balaban J connectivity index is 2.10. The predicted octanol–water partition coefficient (Wildman–Crippen LogP) is 4.21. The molecule has 21 heavy (non-hydrogen) atoms.